The lowest BCUT2D eigenvalue weighted by Crippen LogP contribution is -2.49. The zero-order valence-corrected chi connectivity index (χ0v) is 22.0. The van der Waals surface area contributed by atoms with Gasteiger partial charge in [-0.2, -0.15) is 0 Å². The summed E-state index contributed by atoms with van der Waals surface area (Å²) in [6.07, 6.45) is 2.36. The Labute approximate surface area is 218 Å². The number of halogens is 1. The average molecular weight is 503 g/mol. The number of hydrogen-bond acceptors (Lipinski definition) is 6. The molecule has 2 saturated heterocycles. The standard InChI is InChI=1S/C29H35FN6O/c1-21-6-4-5-7-27(21)34-10-8-33(9-11-34)20-24-17-26(23(3)16-22(24)2)28(37)35-12-14-36(15-13-35)29-31-18-25(30)19-32-29/h4-7,16-19H,8-15,20H2,1-3H3. The number of anilines is 2. The van der Waals surface area contributed by atoms with Crippen LogP contribution in [0.15, 0.2) is 48.8 Å². The molecule has 2 aliphatic heterocycles. The highest BCUT2D eigenvalue weighted by Gasteiger charge is 2.26. The second-order valence-corrected chi connectivity index (χ2v) is 10.1. The van der Waals surface area contributed by atoms with Crippen LogP contribution < -0.4 is 9.80 Å². The van der Waals surface area contributed by atoms with Crippen LogP contribution in [0.25, 0.3) is 0 Å². The maximum absolute atomic E-state index is 13.5. The van der Waals surface area contributed by atoms with E-state index in [4.69, 9.17) is 0 Å². The van der Waals surface area contributed by atoms with Crippen LogP contribution in [0.3, 0.4) is 0 Å². The highest BCUT2D eigenvalue weighted by Crippen LogP contribution is 2.24. The summed E-state index contributed by atoms with van der Waals surface area (Å²) < 4.78 is 13.2. The van der Waals surface area contributed by atoms with Crippen molar-refractivity contribution >= 4 is 17.5 Å². The lowest BCUT2D eigenvalue weighted by atomic mass is 9.98. The van der Waals surface area contributed by atoms with Crippen molar-refractivity contribution < 1.29 is 9.18 Å². The Kier molecular flexibility index (Phi) is 7.37. The molecule has 5 rings (SSSR count). The first-order chi connectivity index (χ1) is 17.9. The van der Waals surface area contributed by atoms with Crippen LogP contribution in [0.2, 0.25) is 0 Å². The number of carbonyl (C=O) groups excluding carboxylic acids is 1. The highest BCUT2D eigenvalue weighted by atomic mass is 19.1. The third-order valence-corrected chi connectivity index (χ3v) is 7.59. The van der Waals surface area contributed by atoms with E-state index < -0.39 is 5.82 Å². The van der Waals surface area contributed by atoms with Gasteiger partial charge in [-0.25, -0.2) is 14.4 Å². The van der Waals surface area contributed by atoms with E-state index in [1.54, 1.807) is 0 Å². The molecule has 7 nitrogen and oxygen atoms in total. The minimum atomic E-state index is -0.448. The van der Waals surface area contributed by atoms with Gasteiger partial charge in [-0.15, -0.1) is 0 Å². The van der Waals surface area contributed by atoms with Gasteiger partial charge in [0.2, 0.25) is 5.95 Å². The molecule has 0 aliphatic carbocycles. The van der Waals surface area contributed by atoms with E-state index >= 15 is 0 Å². The van der Waals surface area contributed by atoms with Crippen LogP contribution in [-0.2, 0) is 6.54 Å². The summed E-state index contributed by atoms with van der Waals surface area (Å²) in [5, 5.41) is 0. The molecule has 194 valence electrons. The molecule has 0 N–H and O–H groups in total. The van der Waals surface area contributed by atoms with E-state index in [2.05, 4.69) is 70.0 Å². The van der Waals surface area contributed by atoms with E-state index in [1.165, 1.54) is 34.8 Å². The van der Waals surface area contributed by atoms with Crippen molar-refractivity contribution in [2.45, 2.75) is 27.3 Å². The fourth-order valence-corrected chi connectivity index (χ4v) is 5.35. The van der Waals surface area contributed by atoms with Crippen molar-refractivity contribution in [2.24, 2.45) is 0 Å². The monoisotopic (exact) mass is 502 g/mol. The summed E-state index contributed by atoms with van der Waals surface area (Å²) in [5.41, 5.74) is 6.89. The maximum Gasteiger partial charge on any atom is 0.254 e. The van der Waals surface area contributed by atoms with E-state index in [1.807, 2.05) is 16.7 Å². The van der Waals surface area contributed by atoms with Gasteiger partial charge in [0.1, 0.15) is 0 Å². The van der Waals surface area contributed by atoms with Crippen LogP contribution in [0, 0.1) is 26.6 Å². The molecule has 2 fully saturated rings. The molecule has 0 radical (unpaired) electrons. The molecule has 0 spiro atoms. The third-order valence-electron chi connectivity index (χ3n) is 7.59. The number of rotatable bonds is 5. The molecule has 2 aromatic carbocycles. The van der Waals surface area contributed by atoms with Crippen molar-refractivity contribution in [1.29, 1.82) is 0 Å². The van der Waals surface area contributed by atoms with Gasteiger partial charge in [-0.05, 0) is 55.2 Å². The van der Waals surface area contributed by atoms with Crippen molar-refractivity contribution in [3.05, 3.63) is 82.4 Å². The number of aryl methyl sites for hydroxylation is 3. The molecule has 3 heterocycles. The van der Waals surface area contributed by atoms with Gasteiger partial charge >= 0.3 is 0 Å². The molecule has 0 atom stereocenters. The van der Waals surface area contributed by atoms with Crippen molar-refractivity contribution in [3.8, 4) is 0 Å². The van der Waals surface area contributed by atoms with Crippen molar-refractivity contribution in [3.63, 3.8) is 0 Å². The first-order valence-electron chi connectivity index (χ1n) is 13.0. The van der Waals surface area contributed by atoms with E-state index in [0.29, 0.717) is 32.1 Å². The zero-order valence-electron chi connectivity index (χ0n) is 22.0. The summed E-state index contributed by atoms with van der Waals surface area (Å²) >= 11 is 0. The predicted octanol–water partition coefficient (Wildman–Crippen LogP) is 3.83. The van der Waals surface area contributed by atoms with Crippen LogP contribution in [0.5, 0.6) is 0 Å². The van der Waals surface area contributed by atoms with Gasteiger partial charge in [0.05, 0.1) is 12.4 Å². The lowest BCUT2D eigenvalue weighted by molar-refractivity contribution is 0.0745. The number of carbonyl (C=O) groups is 1. The van der Waals surface area contributed by atoms with Crippen molar-refractivity contribution in [1.82, 2.24) is 19.8 Å². The average Bonchev–Trinajstić information content (AvgIpc) is 2.91. The van der Waals surface area contributed by atoms with Gasteiger partial charge in [-0.1, -0.05) is 24.3 Å². The number of hydrogen-bond donors (Lipinski definition) is 0. The molecule has 0 unspecified atom stereocenters. The Hall–Kier alpha value is -3.52. The summed E-state index contributed by atoms with van der Waals surface area (Å²) in [6, 6.07) is 12.8. The van der Waals surface area contributed by atoms with Crippen molar-refractivity contribution in [2.75, 3.05) is 62.2 Å². The number of aromatic nitrogens is 2. The van der Waals surface area contributed by atoms with Gasteiger partial charge in [0.15, 0.2) is 5.82 Å². The minimum Gasteiger partial charge on any atom is -0.369 e. The molecule has 1 aromatic heterocycles. The third kappa shape index (κ3) is 5.59. The Morgan fingerprint density at radius 2 is 1.46 bits per heavy atom. The summed E-state index contributed by atoms with van der Waals surface area (Å²) in [5.74, 6) is 0.129. The summed E-state index contributed by atoms with van der Waals surface area (Å²) in [6.45, 7) is 13.6. The fraction of sp³-hybridized carbons (Fsp3) is 0.414. The highest BCUT2D eigenvalue weighted by molar-refractivity contribution is 5.96. The maximum atomic E-state index is 13.5. The summed E-state index contributed by atoms with van der Waals surface area (Å²) in [7, 11) is 0. The van der Waals surface area contributed by atoms with Crippen LogP contribution >= 0.6 is 0 Å². The number of piperazine rings is 2. The molecule has 0 saturated carbocycles. The molecule has 8 heteroatoms. The molecule has 0 bridgehead atoms. The van der Waals surface area contributed by atoms with Gasteiger partial charge in [0.25, 0.3) is 5.91 Å². The topological polar surface area (TPSA) is 55.8 Å². The normalized spacial score (nSPS) is 16.8. The first kappa shape index (κ1) is 25.1. The molecule has 2 aliphatic rings. The Morgan fingerprint density at radius 1 is 0.811 bits per heavy atom. The molecule has 3 aromatic rings. The van der Waals surface area contributed by atoms with E-state index in [-0.39, 0.29) is 5.91 Å². The first-order valence-corrected chi connectivity index (χ1v) is 13.0. The Bertz CT molecular complexity index is 1250. The van der Waals surface area contributed by atoms with Crippen LogP contribution in [-0.4, -0.2) is 78.0 Å². The zero-order chi connectivity index (χ0) is 25.9. The van der Waals surface area contributed by atoms with E-state index in [9.17, 15) is 9.18 Å². The minimum absolute atomic E-state index is 0.0720. The SMILES string of the molecule is Cc1cc(C)c(C(=O)N2CCN(c3ncc(F)cn3)CC2)cc1CN1CCN(c2ccccc2C)CC1. The fourth-order valence-electron chi connectivity index (χ4n) is 5.35. The van der Waals surface area contributed by atoms with Gasteiger partial charge in [0, 0.05) is 70.2 Å². The second-order valence-electron chi connectivity index (χ2n) is 10.1. The van der Waals surface area contributed by atoms with Crippen LogP contribution in [0.4, 0.5) is 16.0 Å². The van der Waals surface area contributed by atoms with E-state index in [0.717, 1.165) is 43.9 Å². The molecular weight excluding hydrogens is 467 g/mol. The molecule has 37 heavy (non-hydrogen) atoms. The lowest BCUT2D eigenvalue weighted by Gasteiger charge is -2.37. The predicted molar refractivity (Wildman–Crippen MR) is 145 cm³/mol. The number of benzene rings is 2. The van der Waals surface area contributed by atoms with Gasteiger partial charge < -0.3 is 14.7 Å². The second kappa shape index (κ2) is 10.8. The van der Waals surface area contributed by atoms with Gasteiger partial charge in [-0.3, -0.25) is 9.69 Å². The number of nitrogens with zero attached hydrogens (tertiary/aromatic N) is 6. The largest absolute Gasteiger partial charge is 0.369 e. The number of amides is 1. The van der Waals surface area contributed by atoms with Crippen LogP contribution in [0.1, 0.15) is 32.6 Å². The Balaban J connectivity index is 1.21. The quantitative estimate of drug-likeness (QED) is 0.529. The molecule has 1 amide bonds. The summed E-state index contributed by atoms with van der Waals surface area (Å²) in [4.78, 5) is 30.5. The smallest absolute Gasteiger partial charge is 0.254 e. The molecular formula is C29H35FN6O. The Morgan fingerprint density at radius 3 is 2.14 bits per heavy atom. The number of para-hydroxylation sites is 1.